The molecule has 0 atom stereocenters. The number of thioether (sulfide) groups is 1. The molecule has 0 saturated carbocycles. The van der Waals surface area contributed by atoms with Crippen LogP contribution in [0.3, 0.4) is 0 Å². The predicted octanol–water partition coefficient (Wildman–Crippen LogP) is 3.83. The van der Waals surface area contributed by atoms with Crippen molar-refractivity contribution in [1.29, 1.82) is 0 Å². The monoisotopic (exact) mass is 472 g/mol. The molecule has 10 heteroatoms. The Morgan fingerprint density at radius 1 is 1.15 bits per heavy atom. The van der Waals surface area contributed by atoms with E-state index in [1.54, 1.807) is 12.1 Å². The molecule has 9 nitrogen and oxygen atoms in total. The first-order chi connectivity index (χ1) is 15.9. The summed E-state index contributed by atoms with van der Waals surface area (Å²) in [5.74, 6) is 2.04. The second kappa shape index (κ2) is 9.88. The van der Waals surface area contributed by atoms with Crippen LogP contribution >= 0.6 is 11.8 Å². The Morgan fingerprint density at radius 3 is 2.61 bits per heavy atom. The highest BCUT2D eigenvalue weighted by Gasteiger charge is 2.29. The normalized spacial score (nSPS) is 14.7. The minimum Gasteiger partial charge on any atom is -0.508 e. The predicted molar refractivity (Wildman–Crippen MR) is 125 cm³/mol. The first-order valence-electron chi connectivity index (χ1n) is 11.0. The van der Waals surface area contributed by atoms with Gasteiger partial charge in [-0.3, -0.25) is 9.69 Å². The van der Waals surface area contributed by atoms with Gasteiger partial charge in [0.05, 0.1) is 11.3 Å². The van der Waals surface area contributed by atoms with Crippen molar-refractivity contribution >= 4 is 17.7 Å². The van der Waals surface area contributed by atoms with Crippen molar-refractivity contribution in [1.82, 2.24) is 20.5 Å². The third kappa shape index (κ3) is 4.86. The molecule has 33 heavy (non-hydrogen) atoms. The zero-order valence-electron chi connectivity index (χ0n) is 18.9. The number of hydrogen-bond acceptors (Lipinski definition) is 9. The van der Waals surface area contributed by atoms with Gasteiger partial charge in [-0.25, -0.2) is 0 Å². The molecule has 2 aromatic heterocycles. The van der Waals surface area contributed by atoms with Crippen LogP contribution in [0.4, 0.5) is 0 Å². The molecule has 176 valence electrons. The number of amides is 1. The second-order valence-electron chi connectivity index (χ2n) is 8.25. The molecule has 3 heterocycles. The molecular formula is C23H28N4O5S. The lowest BCUT2D eigenvalue weighted by Crippen LogP contribution is -2.32. The molecule has 0 bridgehead atoms. The van der Waals surface area contributed by atoms with E-state index in [9.17, 15) is 15.0 Å². The molecule has 1 aliphatic heterocycles. The average molecular weight is 473 g/mol. The molecule has 1 saturated heterocycles. The molecule has 0 spiro atoms. The van der Waals surface area contributed by atoms with Gasteiger partial charge >= 0.3 is 0 Å². The smallest absolute Gasteiger partial charge is 0.274 e. The summed E-state index contributed by atoms with van der Waals surface area (Å²) in [6.45, 7) is 8.69. The number of nitrogens with one attached hydrogen (secondary N) is 1. The van der Waals surface area contributed by atoms with Gasteiger partial charge in [-0.15, -0.1) is 0 Å². The Labute approximate surface area is 196 Å². The minimum absolute atomic E-state index is 0.00169. The lowest BCUT2D eigenvalue weighted by Gasteiger charge is -2.24. The number of phenols is 2. The van der Waals surface area contributed by atoms with E-state index in [1.807, 2.05) is 32.5 Å². The summed E-state index contributed by atoms with van der Waals surface area (Å²) < 4.78 is 11.2. The fraction of sp³-hybridized carbons (Fsp3) is 0.435. The topological polar surface area (TPSA) is 125 Å². The first kappa shape index (κ1) is 23.2. The van der Waals surface area contributed by atoms with E-state index < -0.39 is 5.91 Å². The summed E-state index contributed by atoms with van der Waals surface area (Å²) in [5.41, 5.74) is 2.03. The Bertz CT molecular complexity index is 1130. The van der Waals surface area contributed by atoms with E-state index in [2.05, 4.69) is 20.5 Å². The molecule has 1 aromatic carbocycles. The van der Waals surface area contributed by atoms with Crippen LogP contribution in [0.1, 0.15) is 48.4 Å². The second-order valence-corrected chi connectivity index (χ2v) is 9.47. The third-order valence-electron chi connectivity index (χ3n) is 5.55. The molecule has 0 unspecified atom stereocenters. The van der Waals surface area contributed by atoms with Crippen LogP contribution in [0.25, 0.3) is 22.6 Å². The minimum atomic E-state index is -0.421. The van der Waals surface area contributed by atoms with Crippen molar-refractivity contribution in [2.24, 2.45) is 0 Å². The summed E-state index contributed by atoms with van der Waals surface area (Å²) in [4.78, 5) is 15.0. The Hall–Kier alpha value is -2.98. The Morgan fingerprint density at radius 2 is 1.91 bits per heavy atom. The standard InChI is InChI=1S/C23H28N4O5S/c1-4-24-23(30)21-20(19-9-14(25-31-19)12-27-5-7-33-8-6-27)22(32-26-21)16-10-15(13(2)3)17(28)11-18(16)29/h9-11,13,28-29H,4-8,12H2,1-3H3,(H,24,30). The van der Waals surface area contributed by atoms with Crippen LogP contribution in [0.5, 0.6) is 11.5 Å². The molecule has 1 amide bonds. The number of aromatic nitrogens is 2. The van der Waals surface area contributed by atoms with Gasteiger partial charge in [0.2, 0.25) is 0 Å². The van der Waals surface area contributed by atoms with Gasteiger partial charge in [-0.2, -0.15) is 11.8 Å². The zero-order valence-corrected chi connectivity index (χ0v) is 19.7. The zero-order chi connectivity index (χ0) is 23.5. The van der Waals surface area contributed by atoms with Crippen LogP contribution in [0, 0.1) is 0 Å². The van der Waals surface area contributed by atoms with Gasteiger partial charge in [0.15, 0.2) is 17.2 Å². The molecule has 1 aliphatic rings. The van der Waals surface area contributed by atoms with Crippen LogP contribution in [-0.2, 0) is 6.54 Å². The molecule has 4 rings (SSSR count). The number of phenolic OH excluding ortho intramolecular Hbond substituents is 2. The molecular weight excluding hydrogens is 444 g/mol. The van der Waals surface area contributed by atoms with Crippen molar-refractivity contribution in [2.75, 3.05) is 31.1 Å². The Balaban J connectivity index is 1.78. The lowest BCUT2D eigenvalue weighted by atomic mass is 9.95. The van der Waals surface area contributed by atoms with E-state index in [-0.39, 0.29) is 28.9 Å². The van der Waals surface area contributed by atoms with Crippen molar-refractivity contribution in [3.05, 3.63) is 35.2 Å². The van der Waals surface area contributed by atoms with Crippen LogP contribution < -0.4 is 5.32 Å². The number of carbonyl (C=O) groups excluding carboxylic acids is 1. The molecule has 0 aliphatic carbocycles. The molecule has 1 fully saturated rings. The maximum atomic E-state index is 12.7. The molecule has 3 N–H and O–H groups in total. The van der Waals surface area contributed by atoms with Crippen LogP contribution in [0.2, 0.25) is 0 Å². The number of carbonyl (C=O) groups is 1. The fourth-order valence-corrected chi connectivity index (χ4v) is 4.81. The van der Waals surface area contributed by atoms with Crippen molar-refractivity contribution in [2.45, 2.75) is 33.2 Å². The highest BCUT2D eigenvalue weighted by Crippen LogP contribution is 2.43. The van der Waals surface area contributed by atoms with Crippen molar-refractivity contribution in [3.63, 3.8) is 0 Å². The lowest BCUT2D eigenvalue weighted by molar-refractivity contribution is 0.0947. The SMILES string of the molecule is CCNC(=O)c1noc(-c2cc(C(C)C)c(O)cc2O)c1-c1cc(CN2CCSCC2)no1. The van der Waals surface area contributed by atoms with E-state index in [1.165, 1.54) is 6.07 Å². The van der Waals surface area contributed by atoms with Crippen molar-refractivity contribution < 1.29 is 24.1 Å². The summed E-state index contributed by atoms with van der Waals surface area (Å²) in [6.07, 6.45) is 0. The van der Waals surface area contributed by atoms with E-state index >= 15 is 0 Å². The van der Waals surface area contributed by atoms with Gasteiger partial charge in [-0.1, -0.05) is 24.2 Å². The molecule has 0 radical (unpaired) electrons. The summed E-state index contributed by atoms with van der Waals surface area (Å²) >= 11 is 1.94. The van der Waals surface area contributed by atoms with E-state index in [4.69, 9.17) is 9.05 Å². The maximum absolute atomic E-state index is 12.7. The number of benzene rings is 1. The summed E-state index contributed by atoms with van der Waals surface area (Å²) in [7, 11) is 0. The van der Waals surface area contributed by atoms with Gasteiger partial charge in [-0.05, 0) is 24.5 Å². The number of rotatable bonds is 7. The van der Waals surface area contributed by atoms with E-state index in [0.717, 1.165) is 30.3 Å². The summed E-state index contributed by atoms with van der Waals surface area (Å²) in [5, 5.41) is 31.7. The molecule has 3 aromatic rings. The number of nitrogens with zero attached hydrogens (tertiary/aromatic N) is 3. The highest BCUT2D eigenvalue weighted by molar-refractivity contribution is 7.99. The van der Waals surface area contributed by atoms with Crippen LogP contribution in [0.15, 0.2) is 27.2 Å². The third-order valence-corrected chi connectivity index (χ3v) is 6.49. The Kier molecular flexibility index (Phi) is 6.94. The quantitative estimate of drug-likeness (QED) is 0.470. The average Bonchev–Trinajstić information content (AvgIpc) is 3.41. The van der Waals surface area contributed by atoms with Crippen molar-refractivity contribution in [3.8, 4) is 34.1 Å². The summed E-state index contributed by atoms with van der Waals surface area (Å²) in [6, 6.07) is 4.69. The first-order valence-corrected chi connectivity index (χ1v) is 12.1. The largest absolute Gasteiger partial charge is 0.508 e. The van der Waals surface area contributed by atoms with Crippen LogP contribution in [-0.4, -0.2) is 62.5 Å². The number of hydrogen-bond donors (Lipinski definition) is 3. The maximum Gasteiger partial charge on any atom is 0.274 e. The van der Waals surface area contributed by atoms with Gasteiger partial charge in [0.1, 0.15) is 17.1 Å². The highest BCUT2D eigenvalue weighted by atomic mass is 32.2. The fourth-order valence-electron chi connectivity index (χ4n) is 3.83. The number of aromatic hydroxyl groups is 2. The van der Waals surface area contributed by atoms with E-state index in [0.29, 0.717) is 35.5 Å². The van der Waals surface area contributed by atoms with Gasteiger partial charge < -0.3 is 24.6 Å². The van der Waals surface area contributed by atoms with Gasteiger partial charge in [0, 0.05) is 49.8 Å². The van der Waals surface area contributed by atoms with Gasteiger partial charge in [0.25, 0.3) is 5.91 Å².